The number of benzene rings is 3. The topological polar surface area (TPSA) is 86.5 Å². The summed E-state index contributed by atoms with van der Waals surface area (Å²) < 4.78 is 16.3. The van der Waals surface area contributed by atoms with Crippen molar-refractivity contribution in [3.8, 4) is 34.3 Å². The van der Waals surface area contributed by atoms with Crippen LogP contribution in [0.5, 0.6) is 11.5 Å². The van der Waals surface area contributed by atoms with Gasteiger partial charge >= 0.3 is 0 Å². The largest absolute Gasteiger partial charge is 0.497 e. The van der Waals surface area contributed by atoms with Crippen LogP contribution in [0.3, 0.4) is 0 Å². The Labute approximate surface area is 186 Å². The average molecular weight is 429 g/mol. The van der Waals surface area contributed by atoms with Gasteiger partial charge in [0, 0.05) is 11.1 Å². The van der Waals surface area contributed by atoms with Crippen LogP contribution < -0.4 is 14.8 Å². The highest BCUT2D eigenvalue weighted by Gasteiger charge is 2.16. The highest BCUT2D eigenvalue weighted by atomic mass is 16.5. The molecule has 3 aromatic carbocycles. The Morgan fingerprint density at radius 1 is 0.938 bits per heavy atom. The van der Waals surface area contributed by atoms with E-state index >= 15 is 0 Å². The van der Waals surface area contributed by atoms with Crippen molar-refractivity contribution in [1.82, 2.24) is 10.1 Å². The maximum absolute atomic E-state index is 12.8. The molecule has 0 unspecified atom stereocenters. The fraction of sp³-hybridized carbons (Fsp3) is 0.160. The number of carbonyl (C=O) groups is 1. The van der Waals surface area contributed by atoms with Gasteiger partial charge in [0.15, 0.2) is 0 Å². The molecule has 0 aliphatic heterocycles. The van der Waals surface area contributed by atoms with Gasteiger partial charge < -0.3 is 19.3 Å². The zero-order chi connectivity index (χ0) is 22.5. The molecule has 0 saturated carbocycles. The minimum Gasteiger partial charge on any atom is -0.497 e. The number of hydrogen-bond donors (Lipinski definition) is 1. The van der Waals surface area contributed by atoms with Crippen LogP contribution in [0.25, 0.3) is 22.8 Å². The Bertz CT molecular complexity index is 1200. The number of rotatable bonds is 7. The number of nitrogens with one attached hydrogen (secondary N) is 1. The summed E-state index contributed by atoms with van der Waals surface area (Å²) in [5.74, 6) is 1.98. The summed E-state index contributed by atoms with van der Waals surface area (Å²) in [5.41, 5.74) is 2.52. The molecule has 7 nitrogen and oxygen atoms in total. The van der Waals surface area contributed by atoms with Crippen LogP contribution in [-0.4, -0.2) is 29.3 Å². The second-order valence-electron chi connectivity index (χ2n) is 7.34. The molecule has 0 bridgehead atoms. The number of para-hydroxylation sites is 1. The number of ether oxygens (including phenoxy) is 2. The van der Waals surface area contributed by atoms with E-state index < -0.39 is 0 Å². The van der Waals surface area contributed by atoms with Crippen molar-refractivity contribution < 1.29 is 18.8 Å². The summed E-state index contributed by atoms with van der Waals surface area (Å²) in [6.07, 6.45) is 0.0683. The zero-order valence-corrected chi connectivity index (χ0v) is 18.0. The summed E-state index contributed by atoms with van der Waals surface area (Å²) >= 11 is 0. The Hall–Kier alpha value is -4.13. The molecule has 0 atom stereocenters. The maximum Gasteiger partial charge on any atom is 0.260 e. The SMILES string of the molecule is COc1ccc(-c2noc(-c3ccccc3NC(=O)c3ccc(OC(C)C)cc3)n2)cc1. The number of anilines is 1. The van der Waals surface area contributed by atoms with Crippen LogP contribution in [0, 0.1) is 0 Å². The van der Waals surface area contributed by atoms with Crippen molar-refractivity contribution in [2.24, 2.45) is 0 Å². The van der Waals surface area contributed by atoms with E-state index in [0.29, 0.717) is 34.3 Å². The third kappa shape index (κ3) is 4.78. The lowest BCUT2D eigenvalue weighted by Crippen LogP contribution is -2.13. The highest BCUT2D eigenvalue weighted by Crippen LogP contribution is 2.29. The summed E-state index contributed by atoms with van der Waals surface area (Å²) in [4.78, 5) is 17.3. The van der Waals surface area contributed by atoms with E-state index in [0.717, 1.165) is 11.3 Å². The summed E-state index contributed by atoms with van der Waals surface area (Å²) in [6, 6.07) is 21.7. The first-order valence-corrected chi connectivity index (χ1v) is 10.2. The lowest BCUT2D eigenvalue weighted by Gasteiger charge is -2.11. The van der Waals surface area contributed by atoms with E-state index in [1.807, 2.05) is 56.3 Å². The van der Waals surface area contributed by atoms with Crippen molar-refractivity contribution in [2.75, 3.05) is 12.4 Å². The molecule has 0 fully saturated rings. The van der Waals surface area contributed by atoms with Crippen molar-refractivity contribution in [3.63, 3.8) is 0 Å². The van der Waals surface area contributed by atoms with Crippen molar-refractivity contribution in [1.29, 1.82) is 0 Å². The molecule has 4 rings (SSSR count). The fourth-order valence-corrected chi connectivity index (χ4v) is 3.12. The lowest BCUT2D eigenvalue weighted by atomic mass is 10.1. The van der Waals surface area contributed by atoms with Crippen LogP contribution in [0.15, 0.2) is 77.3 Å². The fourth-order valence-electron chi connectivity index (χ4n) is 3.12. The van der Waals surface area contributed by atoms with Gasteiger partial charge in [-0.05, 0) is 74.5 Å². The van der Waals surface area contributed by atoms with E-state index in [4.69, 9.17) is 14.0 Å². The summed E-state index contributed by atoms with van der Waals surface area (Å²) in [5, 5.41) is 7.00. The van der Waals surface area contributed by atoms with E-state index in [1.165, 1.54) is 0 Å². The molecule has 32 heavy (non-hydrogen) atoms. The Morgan fingerprint density at radius 3 is 2.31 bits per heavy atom. The molecule has 7 heteroatoms. The van der Waals surface area contributed by atoms with Crippen molar-refractivity contribution in [3.05, 3.63) is 78.4 Å². The van der Waals surface area contributed by atoms with Crippen molar-refractivity contribution >= 4 is 11.6 Å². The Balaban J connectivity index is 1.54. The van der Waals surface area contributed by atoms with Gasteiger partial charge in [-0.15, -0.1) is 0 Å². The first-order chi connectivity index (χ1) is 15.5. The summed E-state index contributed by atoms with van der Waals surface area (Å²) in [6.45, 7) is 3.91. The van der Waals surface area contributed by atoms with E-state index in [9.17, 15) is 4.79 Å². The molecule has 0 aliphatic rings. The third-order valence-electron chi connectivity index (χ3n) is 4.67. The predicted octanol–water partition coefficient (Wildman–Crippen LogP) is 5.45. The third-order valence-corrected chi connectivity index (χ3v) is 4.67. The minimum absolute atomic E-state index is 0.0683. The molecular weight excluding hydrogens is 406 g/mol. The van der Waals surface area contributed by atoms with Gasteiger partial charge in [-0.3, -0.25) is 4.79 Å². The number of aromatic nitrogens is 2. The van der Waals surface area contributed by atoms with Crippen LogP contribution in [0.1, 0.15) is 24.2 Å². The molecule has 1 heterocycles. The quantitative estimate of drug-likeness (QED) is 0.420. The molecule has 0 saturated heterocycles. The molecule has 0 spiro atoms. The molecule has 1 aromatic heterocycles. The number of hydrogen-bond acceptors (Lipinski definition) is 6. The van der Waals surface area contributed by atoms with Gasteiger partial charge in [0.25, 0.3) is 11.8 Å². The van der Waals surface area contributed by atoms with Crippen LogP contribution in [0.4, 0.5) is 5.69 Å². The summed E-state index contributed by atoms with van der Waals surface area (Å²) in [7, 11) is 1.61. The number of carbonyl (C=O) groups excluding carboxylic acids is 1. The normalized spacial score (nSPS) is 10.8. The Kier molecular flexibility index (Phi) is 6.17. The lowest BCUT2D eigenvalue weighted by molar-refractivity contribution is 0.102. The second-order valence-corrected chi connectivity index (χ2v) is 7.34. The van der Waals surface area contributed by atoms with Crippen LogP contribution >= 0.6 is 0 Å². The molecule has 162 valence electrons. The maximum atomic E-state index is 12.8. The molecular formula is C25H23N3O4. The van der Waals surface area contributed by atoms with Gasteiger partial charge in [-0.1, -0.05) is 17.3 Å². The molecule has 1 N–H and O–H groups in total. The molecule has 0 radical (unpaired) electrons. The first-order valence-electron chi connectivity index (χ1n) is 10.2. The van der Waals surface area contributed by atoms with Gasteiger partial charge in [0.05, 0.1) is 24.5 Å². The second kappa shape index (κ2) is 9.34. The minimum atomic E-state index is -0.247. The first kappa shape index (κ1) is 21.1. The van der Waals surface area contributed by atoms with Crippen molar-refractivity contribution in [2.45, 2.75) is 20.0 Å². The van der Waals surface area contributed by atoms with Crippen LogP contribution in [-0.2, 0) is 0 Å². The van der Waals surface area contributed by atoms with Gasteiger partial charge in [0.2, 0.25) is 5.82 Å². The van der Waals surface area contributed by atoms with Gasteiger partial charge in [-0.2, -0.15) is 4.98 Å². The van der Waals surface area contributed by atoms with E-state index in [1.54, 1.807) is 37.4 Å². The van der Waals surface area contributed by atoms with Gasteiger partial charge in [-0.25, -0.2) is 0 Å². The standard InChI is InChI=1S/C25H23N3O4/c1-16(2)31-20-14-10-18(11-15-20)24(29)26-22-7-5-4-6-21(22)25-27-23(28-32-25)17-8-12-19(30-3)13-9-17/h4-16H,1-3H3,(H,26,29). The van der Waals surface area contributed by atoms with E-state index in [2.05, 4.69) is 15.5 Å². The molecule has 1 amide bonds. The van der Waals surface area contributed by atoms with E-state index in [-0.39, 0.29) is 12.0 Å². The number of amides is 1. The molecule has 4 aromatic rings. The monoisotopic (exact) mass is 429 g/mol. The van der Waals surface area contributed by atoms with Crippen LogP contribution in [0.2, 0.25) is 0 Å². The average Bonchev–Trinajstić information content (AvgIpc) is 3.29. The highest BCUT2D eigenvalue weighted by molar-refractivity contribution is 6.06. The smallest absolute Gasteiger partial charge is 0.260 e. The molecule has 0 aliphatic carbocycles. The number of nitrogens with zero attached hydrogens (tertiary/aromatic N) is 2. The predicted molar refractivity (Wildman–Crippen MR) is 122 cm³/mol. The Morgan fingerprint density at radius 2 is 1.62 bits per heavy atom. The number of methoxy groups -OCH3 is 1. The zero-order valence-electron chi connectivity index (χ0n) is 18.0. The van der Waals surface area contributed by atoms with Gasteiger partial charge in [0.1, 0.15) is 11.5 Å².